The Morgan fingerprint density at radius 3 is 2.76 bits per heavy atom. The standard InChI is InChI=1S/C12H18N4O/c1-7-4-9(2-3-10(7)14)16-6-8(13)5-11(16)12(15)17/h2-4,8,11H,5-6,13-14H2,1H3,(H2,15,17). The fourth-order valence-corrected chi connectivity index (χ4v) is 2.26. The van der Waals surface area contributed by atoms with Crippen LogP contribution >= 0.6 is 0 Å². The summed E-state index contributed by atoms with van der Waals surface area (Å²) in [4.78, 5) is 13.3. The van der Waals surface area contributed by atoms with Crippen LogP contribution in [0.25, 0.3) is 0 Å². The molecule has 1 saturated heterocycles. The molecular formula is C12H18N4O. The number of amides is 1. The fourth-order valence-electron chi connectivity index (χ4n) is 2.26. The van der Waals surface area contributed by atoms with Gasteiger partial charge in [-0.2, -0.15) is 0 Å². The molecule has 1 aliphatic rings. The molecule has 0 radical (unpaired) electrons. The zero-order valence-electron chi connectivity index (χ0n) is 9.89. The van der Waals surface area contributed by atoms with Crippen LogP contribution in [-0.2, 0) is 4.79 Å². The van der Waals surface area contributed by atoms with Crippen molar-refractivity contribution in [3.05, 3.63) is 23.8 Å². The first kappa shape index (κ1) is 11.7. The van der Waals surface area contributed by atoms with Crippen molar-refractivity contribution in [3.8, 4) is 0 Å². The van der Waals surface area contributed by atoms with Gasteiger partial charge in [-0.1, -0.05) is 0 Å². The van der Waals surface area contributed by atoms with E-state index in [4.69, 9.17) is 17.2 Å². The Morgan fingerprint density at radius 1 is 1.47 bits per heavy atom. The topological polar surface area (TPSA) is 98.4 Å². The highest BCUT2D eigenvalue weighted by molar-refractivity contribution is 5.84. The Kier molecular flexibility index (Phi) is 2.93. The van der Waals surface area contributed by atoms with Crippen molar-refractivity contribution in [3.63, 3.8) is 0 Å². The van der Waals surface area contributed by atoms with Crippen LogP contribution in [0.3, 0.4) is 0 Å². The van der Waals surface area contributed by atoms with E-state index in [1.807, 2.05) is 30.0 Å². The highest BCUT2D eigenvalue weighted by Crippen LogP contribution is 2.27. The molecular weight excluding hydrogens is 216 g/mol. The molecule has 0 spiro atoms. The first-order chi connectivity index (χ1) is 7.99. The van der Waals surface area contributed by atoms with Crippen LogP contribution in [0.5, 0.6) is 0 Å². The van der Waals surface area contributed by atoms with Gasteiger partial charge in [0, 0.05) is 24.0 Å². The highest BCUT2D eigenvalue weighted by atomic mass is 16.1. The molecule has 0 aromatic heterocycles. The summed E-state index contributed by atoms with van der Waals surface area (Å²) in [5, 5.41) is 0. The summed E-state index contributed by atoms with van der Waals surface area (Å²) in [6.45, 7) is 2.59. The monoisotopic (exact) mass is 234 g/mol. The van der Waals surface area contributed by atoms with E-state index in [0.29, 0.717) is 13.0 Å². The average molecular weight is 234 g/mol. The first-order valence-electron chi connectivity index (χ1n) is 5.66. The van der Waals surface area contributed by atoms with Crippen molar-refractivity contribution < 1.29 is 4.79 Å². The van der Waals surface area contributed by atoms with Gasteiger partial charge in [-0.15, -0.1) is 0 Å². The number of aryl methyl sites for hydroxylation is 1. The normalized spacial score (nSPS) is 24.0. The number of nitrogens with zero attached hydrogens (tertiary/aromatic N) is 1. The number of primary amides is 1. The molecule has 1 aromatic rings. The van der Waals surface area contributed by atoms with Gasteiger partial charge in [0.1, 0.15) is 6.04 Å². The van der Waals surface area contributed by atoms with Crippen LogP contribution < -0.4 is 22.1 Å². The Hall–Kier alpha value is -1.75. The van der Waals surface area contributed by atoms with Crippen molar-refractivity contribution in [2.45, 2.75) is 25.4 Å². The molecule has 92 valence electrons. The van der Waals surface area contributed by atoms with Gasteiger partial charge in [0.05, 0.1) is 0 Å². The van der Waals surface area contributed by atoms with Crippen molar-refractivity contribution >= 4 is 17.3 Å². The molecule has 1 aliphatic heterocycles. The van der Waals surface area contributed by atoms with Gasteiger partial charge in [-0.05, 0) is 37.1 Å². The number of anilines is 2. The third-order valence-corrected chi connectivity index (χ3v) is 3.25. The molecule has 1 heterocycles. The molecule has 2 atom stereocenters. The van der Waals surface area contributed by atoms with Gasteiger partial charge in [0.2, 0.25) is 5.91 Å². The predicted molar refractivity (Wildman–Crippen MR) is 68.5 cm³/mol. The third kappa shape index (κ3) is 2.19. The van der Waals surface area contributed by atoms with Crippen LogP contribution in [0.15, 0.2) is 18.2 Å². The Morgan fingerprint density at radius 2 is 2.18 bits per heavy atom. The number of nitrogens with two attached hydrogens (primary N) is 3. The Balaban J connectivity index is 2.31. The van der Waals surface area contributed by atoms with Crippen LogP contribution in [0.4, 0.5) is 11.4 Å². The van der Waals surface area contributed by atoms with Crippen LogP contribution in [-0.4, -0.2) is 24.5 Å². The van der Waals surface area contributed by atoms with Crippen LogP contribution in [0.1, 0.15) is 12.0 Å². The maximum absolute atomic E-state index is 11.4. The lowest BCUT2D eigenvalue weighted by Crippen LogP contribution is -2.40. The minimum Gasteiger partial charge on any atom is -0.399 e. The summed E-state index contributed by atoms with van der Waals surface area (Å²) in [6, 6.07) is 5.38. The second-order valence-electron chi connectivity index (χ2n) is 4.61. The summed E-state index contributed by atoms with van der Waals surface area (Å²) in [7, 11) is 0. The van der Waals surface area contributed by atoms with E-state index in [9.17, 15) is 4.79 Å². The number of rotatable bonds is 2. The lowest BCUT2D eigenvalue weighted by atomic mass is 10.1. The zero-order valence-corrected chi connectivity index (χ0v) is 9.89. The van der Waals surface area contributed by atoms with E-state index in [1.54, 1.807) is 0 Å². The van der Waals surface area contributed by atoms with Crippen molar-refractivity contribution in [2.24, 2.45) is 11.5 Å². The minimum atomic E-state index is -0.326. The molecule has 0 saturated carbocycles. The lowest BCUT2D eigenvalue weighted by molar-refractivity contribution is -0.119. The van der Waals surface area contributed by atoms with Gasteiger partial charge < -0.3 is 22.1 Å². The second-order valence-corrected chi connectivity index (χ2v) is 4.61. The smallest absolute Gasteiger partial charge is 0.240 e. The molecule has 1 fully saturated rings. The molecule has 0 aliphatic carbocycles. The molecule has 5 nitrogen and oxygen atoms in total. The average Bonchev–Trinajstić information content (AvgIpc) is 2.64. The van der Waals surface area contributed by atoms with E-state index in [0.717, 1.165) is 16.9 Å². The van der Waals surface area contributed by atoms with Crippen LogP contribution in [0.2, 0.25) is 0 Å². The third-order valence-electron chi connectivity index (χ3n) is 3.25. The number of carbonyl (C=O) groups excluding carboxylic acids is 1. The molecule has 6 N–H and O–H groups in total. The van der Waals surface area contributed by atoms with E-state index >= 15 is 0 Å². The molecule has 17 heavy (non-hydrogen) atoms. The number of hydrogen-bond donors (Lipinski definition) is 3. The predicted octanol–water partition coefficient (Wildman–Crippen LogP) is -0.0315. The lowest BCUT2D eigenvalue weighted by Gasteiger charge is -2.24. The SMILES string of the molecule is Cc1cc(N2CC(N)CC2C(N)=O)ccc1N. The Labute approximate surface area is 101 Å². The number of benzene rings is 1. The summed E-state index contributed by atoms with van der Waals surface area (Å²) >= 11 is 0. The van der Waals surface area contributed by atoms with E-state index < -0.39 is 0 Å². The first-order valence-corrected chi connectivity index (χ1v) is 5.66. The molecule has 2 rings (SSSR count). The highest BCUT2D eigenvalue weighted by Gasteiger charge is 2.33. The van der Waals surface area contributed by atoms with E-state index in [2.05, 4.69) is 0 Å². The van der Waals surface area contributed by atoms with Crippen molar-refractivity contribution in [1.82, 2.24) is 0 Å². The van der Waals surface area contributed by atoms with Crippen LogP contribution in [0, 0.1) is 6.92 Å². The zero-order chi connectivity index (χ0) is 12.6. The van der Waals surface area contributed by atoms with Gasteiger partial charge in [0.15, 0.2) is 0 Å². The summed E-state index contributed by atoms with van der Waals surface area (Å²) in [5.41, 5.74) is 19.7. The van der Waals surface area contributed by atoms with Gasteiger partial charge in [0.25, 0.3) is 0 Å². The van der Waals surface area contributed by atoms with Gasteiger partial charge in [-0.3, -0.25) is 4.79 Å². The molecule has 0 bridgehead atoms. The van der Waals surface area contributed by atoms with Crippen molar-refractivity contribution in [1.29, 1.82) is 0 Å². The number of nitrogen functional groups attached to an aromatic ring is 1. The molecule has 5 heteroatoms. The quantitative estimate of drug-likeness (QED) is 0.626. The maximum atomic E-state index is 11.4. The largest absolute Gasteiger partial charge is 0.399 e. The summed E-state index contributed by atoms with van der Waals surface area (Å²) in [5.74, 6) is -0.326. The maximum Gasteiger partial charge on any atom is 0.240 e. The molecule has 1 aromatic carbocycles. The molecule has 2 unspecified atom stereocenters. The van der Waals surface area contributed by atoms with E-state index in [-0.39, 0.29) is 18.0 Å². The number of hydrogen-bond acceptors (Lipinski definition) is 4. The van der Waals surface area contributed by atoms with Gasteiger partial charge in [-0.25, -0.2) is 0 Å². The number of carbonyl (C=O) groups is 1. The summed E-state index contributed by atoms with van der Waals surface area (Å²) < 4.78 is 0. The fraction of sp³-hybridized carbons (Fsp3) is 0.417. The van der Waals surface area contributed by atoms with Crippen molar-refractivity contribution in [2.75, 3.05) is 17.2 Å². The Bertz CT molecular complexity index is 446. The summed E-state index contributed by atoms with van der Waals surface area (Å²) in [6.07, 6.45) is 0.610. The van der Waals surface area contributed by atoms with E-state index in [1.165, 1.54) is 0 Å². The van der Waals surface area contributed by atoms with Gasteiger partial charge >= 0.3 is 0 Å². The second kappa shape index (κ2) is 4.25. The molecule has 1 amide bonds. The minimum absolute atomic E-state index is 0.00893.